The molecule has 1 fully saturated rings. The zero-order valence-electron chi connectivity index (χ0n) is 10.7. The molecule has 0 aromatic rings. The van der Waals surface area contributed by atoms with Crippen molar-refractivity contribution in [3.8, 4) is 0 Å². The predicted molar refractivity (Wildman–Crippen MR) is 67.2 cm³/mol. The largest absolute Gasteiger partial charge is 0.320 e. The molecule has 0 heterocycles. The van der Waals surface area contributed by atoms with Crippen LogP contribution in [0.2, 0.25) is 0 Å². The molecule has 0 amide bonds. The van der Waals surface area contributed by atoms with Gasteiger partial charge in [0, 0.05) is 0 Å². The second-order valence-corrected chi connectivity index (χ2v) is 5.59. The van der Waals surface area contributed by atoms with Gasteiger partial charge in [-0.25, -0.2) is 0 Å². The van der Waals surface area contributed by atoms with Gasteiger partial charge >= 0.3 is 0 Å². The van der Waals surface area contributed by atoms with Crippen LogP contribution in [-0.2, 0) is 0 Å². The molecule has 90 valence electrons. The van der Waals surface area contributed by atoms with Crippen molar-refractivity contribution in [2.75, 3.05) is 26.7 Å². The van der Waals surface area contributed by atoms with Gasteiger partial charge in [-0.3, -0.25) is 0 Å². The summed E-state index contributed by atoms with van der Waals surface area (Å²) in [6.07, 6.45) is 6.95. The highest BCUT2D eigenvalue weighted by molar-refractivity contribution is 4.83. The highest BCUT2D eigenvalue weighted by atomic mass is 14.9. The summed E-state index contributed by atoms with van der Waals surface area (Å²) in [5, 5.41) is 6.79. The molecule has 1 saturated carbocycles. The number of hydrogen-bond donors (Lipinski definition) is 2. The van der Waals surface area contributed by atoms with E-state index in [-0.39, 0.29) is 0 Å². The fourth-order valence-corrected chi connectivity index (χ4v) is 2.61. The highest BCUT2D eigenvalue weighted by Gasteiger charge is 2.31. The summed E-state index contributed by atoms with van der Waals surface area (Å²) in [7, 11) is 2.02. The van der Waals surface area contributed by atoms with E-state index in [4.69, 9.17) is 0 Å². The Morgan fingerprint density at radius 3 is 2.67 bits per heavy atom. The topological polar surface area (TPSA) is 24.1 Å². The minimum Gasteiger partial charge on any atom is -0.320 e. The average Bonchev–Trinajstić information content (AvgIpc) is 2.19. The lowest BCUT2D eigenvalue weighted by Crippen LogP contribution is -2.36. The Labute approximate surface area is 95.2 Å². The summed E-state index contributed by atoms with van der Waals surface area (Å²) in [6.45, 7) is 8.38. The minimum atomic E-state index is 0.564. The van der Waals surface area contributed by atoms with Gasteiger partial charge in [-0.1, -0.05) is 26.7 Å². The lowest BCUT2D eigenvalue weighted by molar-refractivity contribution is 0.136. The monoisotopic (exact) mass is 212 g/mol. The van der Waals surface area contributed by atoms with Gasteiger partial charge in [-0.2, -0.15) is 0 Å². The lowest BCUT2D eigenvalue weighted by Gasteiger charge is -2.38. The molecule has 15 heavy (non-hydrogen) atoms. The van der Waals surface area contributed by atoms with E-state index in [1.165, 1.54) is 38.6 Å². The fourth-order valence-electron chi connectivity index (χ4n) is 2.61. The van der Waals surface area contributed by atoms with Crippen LogP contribution in [0.15, 0.2) is 0 Å². The van der Waals surface area contributed by atoms with Crippen molar-refractivity contribution in [1.82, 2.24) is 10.6 Å². The average molecular weight is 212 g/mol. The maximum Gasteiger partial charge on any atom is -0.00154 e. The summed E-state index contributed by atoms with van der Waals surface area (Å²) in [5.74, 6) is 0.890. The van der Waals surface area contributed by atoms with Gasteiger partial charge in [0.05, 0.1) is 0 Å². The Morgan fingerprint density at radius 1 is 1.20 bits per heavy atom. The van der Waals surface area contributed by atoms with Crippen molar-refractivity contribution in [2.24, 2.45) is 11.3 Å². The van der Waals surface area contributed by atoms with E-state index in [1.54, 1.807) is 0 Å². The minimum absolute atomic E-state index is 0.564. The molecule has 2 N–H and O–H groups in total. The first-order valence-corrected chi connectivity index (χ1v) is 6.52. The van der Waals surface area contributed by atoms with Crippen LogP contribution >= 0.6 is 0 Å². The molecule has 1 aliphatic carbocycles. The molecule has 0 radical (unpaired) electrons. The van der Waals surface area contributed by atoms with Crippen LogP contribution in [0.25, 0.3) is 0 Å². The van der Waals surface area contributed by atoms with Crippen LogP contribution in [-0.4, -0.2) is 26.7 Å². The van der Waals surface area contributed by atoms with Gasteiger partial charge in [0.1, 0.15) is 0 Å². The van der Waals surface area contributed by atoms with E-state index >= 15 is 0 Å². The lowest BCUT2D eigenvalue weighted by atomic mass is 9.69. The number of nitrogens with one attached hydrogen (secondary N) is 2. The third-order valence-electron chi connectivity index (χ3n) is 3.90. The molecule has 0 aromatic heterocycles. The number of rotatable bonds is 6. The van der Waals surface area contributed by atoms with Crippen LogP contribution in [0.1, 0.15) is 46.0 Å². The molecule has 1 unspecified atom stereocenters. The highest BCUT2D eigenvalue weighted by Crippen LogP contribution is 2.39. The Kier molecular flexibility index (Phi) is 5.62. The standard InChI is InChI=1S/C13H28N2/c1-13(2)8-5-4-7-12(13)11-15-10-6-9-14-3/h12,14-15H,4-11H2,1-3H3. The maximum atomic E-state index is 3.61. The van der Waals surface area contributed by atoms with Crippen molar-refractivity contribution in [3.63, 3.8) is 0 Å². The molecule has 0 aliphatic heterocycles. The molecular weight excluding hydrogens is 184 g/mol. The van der Waals surface area contributed by atoms with Crippen LogP contribution in [0.5, 0.6) is 0 Å². The third-order valence-corrected chi connectivity index (χ3v) is 3.90. The van der Waals surface area contributed by atoms with Gasteiger partial charge in [0.2, 0.25) is 0 Å². The normalized spacial score (nSPS) is 25.4. The summed E-state index contributed by atoms with van der Waals surface area (Å²) in [4.78, 5) is 0. The van der Waals surface area contributed by atoms with E-state index in [0.29, 0.717) is 5.41 Å². The molecule has 2 heteroatoms. The molecule has 0 spiro atoms. The first-order valence-electron chi connectivity index (χ1n) is 6.52. The Bertz CT molecular complexity index is 166. The summed E-state index contributed by atoms with van der Waals surface area (Å²) >= 11 is 0. The Hall–Kier alpha value is -0.0800. The second-order valence-electron chi connectivity index (χ2n) is 5.59. The predicted octanol–water partition coefficient (Wildman–Crippen LogP) is 2.40. The van der Waals surface area contributed by atoms with E-state index < -0.39 is 0 Å². The van der Waals surface area contributed by atoms with Crippen LogP contribution in [0.4, 0.5) is 0 Å². The molecule has 0 saturated heterocycles. The molecule has 1 atom stereocenters. The fraction of sp³-hybridized carbons (Fsp3) is 1.00. The van der Waals surface area contributed by atoms with Crippen molar-refractivity contribution < 1.29 is 0 Å². The summed E-state index contributed by atoms with van der Waals surface area (Å²) in [5.41, 5.74) is 0.564. The zero-order valence-corrected chi connectivity index (χ0v) is 10.7. The molecule has 0 bridgehead atoms. The van der Waals surface area contributed by atoms with Crippen molar-refractivity contribution >= 4 is 0 Å². The van der Waals surface area contributed by atoms with Gasteiger partial charge in [0.15, 0.2) is 0 Å². The zero-order chi connectivity index (χ0) is 11.1. The molecule has 2 nitrogen and oxygen atoms in total. The number of hydrogen-bond acceptors (Lipinski definition) is 2. The van der Waals surface area contributed by atoms with E-state index in [2.05, 4.69) is 24.5 Å². The van der Waals surface area contributed by atoms with Crippen LogP contribution in [0.3, 0.4) is 0 Å². The summed E-state index contributed by atoms with van der Waals surface area (Å²) in [6, 6.07) is 0. The first-order chi connectivity index (χ1) is 7.17. The molecule has 1 aliphatic rings. The maximum absolute atomic E-state index is 3.61. The Balaban J connectivity index is 2.13. The van der Waals surface area contributed by atoms with E-state index in [0.717, 1.165) is 19.0 Å². The Morgan fingerprint density at radius 2 is 2.00 bits per heavy atom. The van der Waals surface area contributed by atoms with Gasteiger partial charge in [0.25, 0.3) is 0 Å². The molecule has 1 rings (SSSR count). The van der Waals surface area contributed by atoms with Crippen molar-refractivity contribution in [3.05, 3.63) is 0 Å². The third kappa shape index (κ3) is 4.52. The van der Waals surface area contributed by atoms with Gasteiger partial charge in [-0.05, 0) is 57.3 Å². The van der Waals surface area contributed by atoms with Gasteiger partial charge < -0.3 is 10.6 Å². The van der Waals surface area contributed by atoms with Crippen LogP contribution in [0, 0.1) is 11.3 Å². The second kappa shape index (κ2) is 6.49. The SMILES string of the molecule is CNCCCNCC1CCCCC1(C)C. The summed E-state index contributed by atoms with van der Waals surface area (Å²) < 4.78 is 0. The molecule has 0 aromatic carbocycles. The van der Waals surface area contributed by atoms with E-state index in [1.807, 2.05) is 7.05 Å². The quantitative estimate of drug-likeness (QED) is 0.661. The van der Waals surface area contributed by atoms with Gasteiger partial charge in [-0.15, -0.1) is 0 Å². The van der Waals surface area contributed by atoms with Crippen LogP contribution < -0.4 is 10.6 Å². The van der Waals surface area contributed by atoms with Crippen molar-refractivity contribution in [1.29, 1.82) is 0 Å². The first kappa shape index (κ1) is 13.0. The van der Waals surface area contributed by atoms with E-state index in [9.17, 15) is 0 Å². The molecular formula is C13H28N2. The van der Waals surface area contributed by atoms with Crippen molar-refractivity contribution in [2.45, 2.75) is 46.0 Å². The smallest absolute Gasteiger partial charge is 0.00154 e.